The summed E-state index contributed by atoms with van der Waals surface area (Å²) < 4.78 is 5.26. The monoisotopic (exact) mass is 287 g/mol. The van der Waals surface area contributed by atoms with E-state index in [1.165, 1.54) is 0 Å². The molecule has 0 spiro atoms. The number of carbonyl (C=O) groups is 1. The molecule has 1 aromatic carbocycles. The molecule has 21 heavy (non-hydrogen) atoms. The van der Waals surface area contributed by atoms with Crippen molar-refractivity contribution in [2.45, 2.75) is 34.2 Å². The van der Waals surface area contributed by atoms with Crippen molar-refractivity contribution in [1.29, 1.82) is 0 Å². The zero-order chi connectivity index (χ0) is 15.5. The zero-order valence-corrected chi connectivity index (χ0v) is 13.0. The summed E-state index contributed by atoms with van der Waals surface area (Å²) in [5.41, 5.74) is 0.482. The van der Waals surface area contributed by atoms with Crippen molar-refractivity contribution in [2.24, 2.45) is 5.41 Å². The minimum atomic E-state index is -0.418. The Kier molecular flexibility index (Phi) is 4.40. The molecule has 0 saturated heterocycles. The Morgan fingerprint density at radius 1 is 1.24 bits per heavy atom. The Bertz CT molecular complexity index is 599. The van der Waals surface area contributed by atoms with Gasteiger partial charge in [-0.3, -0.25) is 4.79 Å². The molecule has 0 N–H and O–H groups in total. The van der Waals surface area contributed by atoms with Crippen LogP contribution in [0.15, 0.2) is 34.9 Å². The fourth-order valence-corrected chi connectivity index (χ4v) is 1.99. The van der Waals surface area contributed by atoms with E-state index in [0.717, 1.165) is 5.56 Å². The summed E-state index contributed by atoms with van der Waals surface area (Å²) in [5, 5.41) is 3.97. The largest absolute Gasteiger partial charge is 0.337 e. The third-order valence-corrected chi connectivity index (χ3v) is 3.14. The van der Waals surface area contributed by atoms with Crippen molar-refractivity contribution >= 4 is 5.91 Å². The molecule has 1 aromatic heterocycles. The molecule has 2 rings (SSSR count). The van der Waals surface area contributed by atoms with E-state index in [2.05, 4.69) is 10.1 Å². The van der Waals surface area contributed by atoms with Crippen LogP contribution in [0.4, 0.5) is 0 Å². The van der Waals surface area contributed by atoms with E-state index >= 15 is 0 Å². The molecule has 0 saturated carbocycles. The van der Waals surface area contributed by atoms with Crippen LogP contribution in [0.1, 0.15) is 33.6 Å². The quantitative estimate of drug-likeness (QED) is 0.866. The van der Waals surface area contributed by atoms with Gasteiger partial charge >= 0.3 is 0 Å². The van der Waals surface area contributed by atoms with Crippen molar-refractivity contribution in [2.75, 3.05) is 6.54 Å². The normalized spacial score (nSPS) is 11.4. The maximum atomic E-state index is 12.3. The van der Waals surface area contributed by atoms with Gasteiger partial charge in [0.15, 0.2) is 0 Å². The smallest absolute Gasteiger partial charge is 0.246 e. The Balaban J connectivity index is 2.13. The number of carbonyl (C=O) groups excluding carboxylic acids is 1. The van der Waals surface area contributed by atoms with Crippen molar-refractivity contribution in [3.63, 3.8) is 0 Å². The predicted molar refractivity (Wildman–Crippen MR) is 80.3 cm³/mol. The second kappa shape index (κ2) is 6.08. The Hall–Kier alpha value is -2.17. The SMILES string of the molecule is CCN(Cc1nc(-c2ccccc2)no1)C(=O)C(C)(C)C. The molecule has 0 fully saturated rings. The van der Waals surface area contributed by atoms with Gasteiger partial charge in [-0.25, -0.2) is 0 Å². The predicted octanol–water partition coefficient (Wildman–Crippen LogP) is 3.13. The van der Waals surface area contributed by atoms with Crippen LogP contribution < -0.4 is 0 Å². The van der Waals surface area contributed by atoms with Crippen molar-refractivity contribution in [3.05, 3.63) is 36.2 Å². The van der Waals surface area contributed by atoms with Crippen molar-refractivity contribution in [3.8, 4) is 11.4 Å². The molecule has 0 aliphatic carbocycles. The molecule has 0 atom stereocenters. The molecule has 0 unspecified atom stereocenters. The topological polar surface area (TPSA) is 59.2 Å². The van der Waals surface area contributed by atoms with E-state index in [0.29, 0.717) is 24.8 Å². The lowest BCUT2D eigenvalue weighted by atomic mass is 9.95. The van der Waals surface area contributed by atoms with Gasteiger partial charge in [0.05, 0.1) is 6.54 Å². The van der Waals surface area contributed by atoms with Crippen LogP contribution in [0.2, 0.25) is 0 Å². The first-order chi connectivity index (χ1) is 9.91. The molecule has 1 amide bonds. The Morgan fingerprint density at radius 2 is 1.90 bits per heavy atom. The van der Waals surface area contributed by atoms with Crippen molar-refractivity contribution in [1.82, 2.24) is 15.0 Å². The highest BCUT2D eigenvalue weighted by Gasteiger charge is 2.27. The second-order valence-electron chi connectivity index (χ2n) is 5.95. The summed E-state index contributed by atoms with van der Waals surface area (Å²) >= 11 is 0. The van der Waals surface area contributed by atoms with E-state index in [9.17, 15) is 4.79 Å². The fourth-order valence-electron chi connectivity index (χ4n) is 1.99. The maximum absolute atomic E-state index is 12.3. The maximum Gasteiger partial charge on any atom is 0.246 e. The van der Waals surface area contributed by atoms with Gasteiger partial charge in [-0.1, -0.05) is 56.3 Å². The van der Waals surface area contributed by atoms with Crippen LogP contribution in [0, 0.1) is 5.41 Å². The lowest BCUT2D eigenvalue weighted by molar-refractivity contribution is -0.140. The van der Waals surface area contributed by atoms with Gasteiger partial charge < -0.3 is 9.42 Å². The van der Waals surface area contributed by atoms with Gasteiger partial charge in [-0.05, 0) is 6.92 Å². The highest BCUT2D eigenvalue weighted by Crippen LogP contribution is 2.20. The number of hydrogen-bond acceptors (Lipinski definition) is 4. The molecule has 1 heterocycles. The van der Waals surface area contributed by atoms with Crippen LogP contribution in [0.5, 0.6) is 0 Å². The Labute approximate surface area is 125 Å². The minimum absolute atomic E-state index is 0.0736. The van der Waals surface area contributed by atoms with Gasteiger partial charge in [0.25, 0.3) is 0 Å². The molecular formula is C16H21N3O2. The summed E-state index contributed by atoms with van der Waals surface area (Å²) in [6, 6.07) is 9.63. The number of benzene rings is 1. The standard InChI is InChI=1S/C16H21N3O2/c1-5-19(15(20)16(2,3)4)11-13-17-14(18-21-13)12-9-7-6-8-10-12/h6-10H,5,11H2,1-4H3. The molecule has 0 aliphatic heterocycles. The number of hydrogen-bond donors (Lipinski definition) is 0. The van der Waals surface area contributed by atoms with Crippen molar-refractivity contribution < 1.29 is 9.32 Å². The first-order valence-corrected chi connectivity index (χ1v) is 7.09. The molecule has 0 radical (unpaired) electrons. The average molecular weight is 287 g/mol. The van der Waals surface area contributed by atoms with Gasteiger partial charge in [-0.2, -0.15) is 4.98 Å². The highest BCUT2D eigenvalue weighted by molar-refractivity contribution is 5.81. The summed E-state index contributed by atoms with van der Waals surface area (Å²) in [6.07, 6.45) is 0. The molecule has 5 nitrogen and oxygen atoms in total. The van der Waals surface area contributed by atoms with Gasteiger partial charge in [0.2, 0.25) is 17.6 Å². The lowest BCUT2D eigenvalue weighted by Gasteiger charge is -2.27. The average Bonchev–Trinajstić information content (AvgIpc) is 2.92. The van der Waals surface area contributed by atoms with Crippen LogP contribution in [-0.4, -0.2) is 27.5 Å². The van der Waals surface area contributed by atoms with Crippen LogP contribution in [0.3, 0.4) is 0 Å². The van der Waals surface area contributed by atoms with Gasteiger partial charge in [0, 0.05) is 17.5 Å². The summed E-state index contributed by atoms with van der Waals surface area (Å²) in [4.78, 5) is 18.4. The highest BCUT2D eigenvalue weighted by atomic mass is 16.5. The molecule has 0 bridgehead atoms. The Morgan fingerprint density at radius 3 is 2.48 bits per heavy atom. The number of nitrogens with zero attached hydrogens (tertiary/aromatic N) is 3. The summed E-state index contributed by atoms with van der Waals surface area (Å²) in [6.45, 7) is 8.60. The zero-order valence-electron chi connectivity index (χ0n) is 13.0. The number of rotatable bonds is 4. The second-order valence-corrected chi connectivity index (χ2v) is 5.95. The van der Waals surface area contributed by atoms with Gasteiger partial charge in [-0.15, -0.1) is 0 Å². The molecule has 5 heteroatoms. The van der Waals surface area contributed by atoms with E-state index < -0.39 is 5.41 Å². The minimum Gasteiger partial charge on any atom is -0.337 e. The molecular weight excluding hydrogens is 266 g/mol. The third-order valence-electron chi connectivity index (χ3n) is 3.14. The third kappa shape index (κ3) is 3.68. The van der Waals surface area contributed by atoms with E-state index in [4.69, 9.17) is 4.52 Å². The van der Waals surface area contributed by atoms with Crippen LogP contribution in [0.25, 0.3) is 11.4 Å². The first kappa shape index (κ1) is 15.2. The molecule has 2 aromatic rings. The number of amides is 1. The molecule has 112 valence electrons. The van der Waals surface area contributed by atoms with Crippen LogP contribution in [-0.2, 0) is 11.3 Å². The number of aromatic nitrogens is 2. The first-order valence-electron chi connectivity index (χ1n) is 7.09. The van der Waals surface area contributed by atoms with Gasteiger partial charge in [0.1, 0.15) is 0 Å². The summed E-state index contributed by atoms with van der Waals surface area (Å²) in [5.74, 6) is 1.07. The lowest BCUT2D eigenvalue weighted by Crippen LogP contribution is -2.38. The van der Waals surface area contributed by atoms with E-state index in [1.54, 1.807) is 4.90 Å². The van der Waals surface area contributed by atoms with E-state index in [1.807, 2.05) is 58.0 Å². The summed E-state index contributed by atoms with van der Waals surface area (Å²) in [7, 11) is 0. The molecule has 0 aliphatic rings. The fraction of sp³-hybridized carbons (Fsp3) is 0.438. The van der Waals surface area contributed by atoms with E-state index in [-0.39, 0.29) is 5.91 Å². The van der Waals surface area contributed by atoms with Crippen LogP contribution >= 0.6 is 0 Å².